The van der Waals surface area contributed by atoms with E-state index in [4.69, 9.17) is 0 Å². The summed E-state index contributed by atoms with van der Waals surface area (Å²) >= 11 is 0. The molecule has 0 aliphatic heterocycles. The lowest BCUT2D eigenvalue weighted by Crippen LogP contribution is -2.29. The second-order valence-corrected chi connectivity index (χ2v) is 4.30. The number of carbonyl (C=O) groups is 2. The number of rotatable bonds is 4. The van der Waals surface area contributed by atoms with Crippen molar-refractivity contribution in [3.05, 3.63) is 41.5 Å². The van der Waals surface area contributed by atoms with Crippen LogP contribution in [0.2, 0.25) is 0 Å². The zero-order valence-corrected chi connectivity index (χ0v) is 11.1. The molecule has 0 aliphatic rings. The number of hydrazine groups is 1. The highest BCUT2D eigenvalue weighted by Gasteiger charge is 2.14. The molecule has 0 radical (unpaired) electrons. The van der Waals surface area contributed by atoms with Crippen LogP contribution in [0.15, 0.2) is 30.3 Å². The van der Waals surface area contributed by atoms with Crippen molar-refractivity contribution in [3.63, 3.8) is 0 Å². The van der Waals surface area contributed by atoms with Gasteiger partial charge >= 0.3 is 0 Å². The van der Waals surface area contributed by atoms with E-state index >= 15 is 0 Å². The molecule has 2 aromatic rings. The first kappa shape index (κ1) is 15.0. The number of nitrogens with one attached hydrogen (secondary N) is 2. The molecule has 6 N–H and O–H groups in total. The first-order valence-corrected chi connectivity index (χ1v) is 6.02. The van der Waals surface area contributed by atoms with Gasteiger partial charge in [-0.15, -0.1) is 0 Å². The average molecular weight is 304 g/mol. The van der Waals surface area contributed by atoms with Gasteiger partial charge in [0.25, 0.3) is 5.91 Å². The molecule has 114 valence electrons. The first-order valence-electron chi connectivity index (χ1n) is 6.02. The number of carbonyl (C=O) groups excluding carboxylic acids is 2. The highest BCUT2D eigenvalue weighted by atomic mass is 16.3. The van der Waals surface area contributed by atoms with E-state index in [1.54, 1.807) is 0 Å². The molecule has 8 nitrogen and oxygen atoms in total. The molecule has 0 aliphatic carbocycles. The molecule has 8 heteroatoms. The lowest BCUT2D eigenvalue weighted by atomic mass is 10.1. The fraction of sp³-hybridized carbons (Fsp3) is 0. The summed E-state index contributed by atoms with van der Waals surface area (Å²) in [7, 11) is 0. The summed E-state index contributed by atoms with van der Waals surface area (Å²) in [6, 6.07) is 6.17. The third-order valence-corrected chi connectivity index (χ3v) is 2.83. The number of aromatic hydroxyl groups is 4. The third kappa shape index (κ3) is 2.85. The van der Waals surface area contributed by atoms with Crippen LogP contribution in [0.25, 0.3) is 0 Å². The van der Waals surface area contributed by atoms with Gasteiger partial charge in [-0.2, -0.15) is 0 Å². The minimum atomic E-state index is -0.735. The monoisotopic (exact) mass is 304 g/mol. The Bertz CT molecular complexity index is 744. The van der Waals surface area contributed by atoms with Gasteiger partial charge in [0.05, 0.1) is 11.3 Å². The van der Waals surface area contributed by atoms with Crippen molar-refractivity contribution >= 4 is 17.9 Å². The van der Waals surface area contributed by atoms with E-state index in [-0.39, 0.29) is 22.6 Å². The van der Waals surface area contributed by atoms with Crippen molar-refractivity contribution in [3.8, 4) is 23.0 Å². The fourth-order valence-electron chi connectivity index (χ4n) is 1.69. The van der Waals surface area contributed by atoms with Crippen molar-refractivity contribution in [2.45, 2.75) is 0 Å². The van der Waals surface area contributed by atoms with Crippen LogP contribution in [-0.4, -0.2) is 32.6 Å². The van der Waals surface area contributed by atoms with Crippen molar-refractivity contribution in [1.29, 1.82) is 0 Å². The summed E-state index contributed by atoms with van der Waals surface area (Å²) in [5.74, 6) is -2.80. The van der Waals surface area contributed by atoms with E-state index < -0.39 is 23.2 Å². The van der Waals surface area contributed by atoms with E-state index in [2.05, 4.69) is 10.9 Å². The average Bonchev–Trinajstić information content (AvgIpc) is 2.51. The topological polar surface area (TPSA) is 139 Å². The molecule has 2 rings (SSSR count). The van der Waals surface area contributed by atoms with Crippen LogP contribution in [0.5, 0.6) is 23.0 Å². The van der Waals surface area contributed by atoms with Crippen LogP contribution >= 0.6 is 0 Å². The van der Waals surface area contributed by atoms with Crippen LogP contribution in [-0.2, 0) is 0 Å². The van der Waals surface area contributed by atoms with E-state index in [0.717, 1.165) is 12.1 Å². The van der Waals surface area contributed by atoms with Gasteiger partial charge in [0.15, 0.2) is 29.3 Å². The number of anilines is 1. The third-order valence-electron chi connectivity index (χ3n) is 2.83. The molecule has 2 aromatic carbocycles. The maximum atomic E-state index is 11.9. The number of hydrogen-bond acceptors (Lipinski definition) is 7. The normalized spacial score (nSPS) is 10.0. The smallest absolute Gasteiger partial charge is 0.269 e. The zero-order chi connectivity index (χ0) is 16.3. The molecule has 0 bridgehead atoms. The second kappa shape index (κ2) is 5.92. The Labute approximate surface area is 124 Å². The molecule has 1 amide bonds. The van der Waals surface area contributed by atoms with Gasteiger partial charge in [0, 0.05) is 5.56 Å². The summed E-state index contributed by atoms with van der Waals surface area (Å²) in [5.41, 5.74) is 4.30. The lowest BCUT2D eigenvalue weighted by Gasteiger charge is -2.11. The summed E-state index contributed by atoms with van der Waals surface area (Å²) in [6.45, 7) is 0. The largest absolute Gasteiger partial charge is 0.504 e. The van der Waals surface area contributed by atoms with Crippen molar-refractivity contribution in [1.82, 2.24) is 5.43 Å². The Hall–Kier alpha value is -3.42. The number of benzene rings is 2. The van der Waals surface area contributed by atoms with Crippen LogP contribution in [0.3, 0.4) is 0 Å². The summed E-state index contributed by atoms with van der Waals surface area (Å²) in [6.07, 6.45) is 0.292. The second-order valence-electron chi connectivity index (χ2n) is 4.30. The highest BCUT2D eigenvalue weighted by Crippen LogP contribution is 2.32. The number of hydrogen-bond donors (Lipinski definition) is 6. The maximum absolute atomic E-state index is 11.9. The Morgan fingerprint density at radius 2 is 1.73 bits per heavy atom. The molecule has 0 unspecified atom stereocenters. The first-order chi connectivity index (χ1) is 10.4. The summed E-state index contributed by atoms with van der Waals surface area (Å²) in [5, 5.41) is 37.7. The van der Waals surface area contributed by atoms with E-state index in [1.165, 1.54) is 18.2 Å². The molecule has 22 heavy (non-hydrogen) atoms. The lowest BCUT2D eigenvalue weighted by molar-refractivity contribution is 0.0962. The summed E-state index contributed by atoms with van der Waals surface area (Å²) < 4.78 is 0. The van der Waals surface area contributed by atoms with Gasteiger partial charge in [-0.3, -0.25) is 20.4 Å². The van der Waals surface area contributed by atoms with Gasteiger partial charge in [-0.05, 0) is 24.3 Å². The van der Waals surface area contributed by atoms with Crippen LogP contribution in [0, 0.1) is 0 Å². The predicted molar refractivity (Wildman–Crippen MR) is 76.0 cm³/mol. The van der Waals surface area contributed by atoms with Crippen LogP contribution < -0.4 is 10.9 Å². The van der Waals surface area contributed by atoms with Gasteiger partial charge in [0.1, 0.15) is 0 Å². The standard InChI is InChI=1S/C14H12N2O6/c17-6-8-4-7(5-11(19)12(8)20)14(22)16-15-9-2-1-3-10(18)13(9)21/h1-6,15,18-21H,(H,16,22). The van der Waals surface area contributed by atoms with Gasteiger partial charge in [-0.25, -0.2) is 0 Å². The fourth-order valence-corrected chi connectivity index (χ4v) is 1.69. The Balaban J connectivity index is 2.18. The van der Waals surface area contributed by atoms with Crippen LogP contribution in [0.1, 0.15) is 20.7 Å². The highest BCUT2D eigenvalue weighted by molar-refractivity contribution is 5.98. The Morgan fingerprint density at radius 3 is 2.41 bits per heavy atom. The Kier molecular flexibility index (Phi) is 4.03. The zero-order valence-electron chi connectivity index (χ0n) is 11.1. The van der Waals surface area contributed by atoms with Crippen LogP contribution in [0.4, 0.5) is 5.69 Å². The van der Waals surface area contributed by atoms with E-state index in [1.807, 2.05) is 0 Å². The predicted octanol–water partition coefficient (Wildman–Crippen LogP) is 1.08. The molecule has 0 aromatic heterocycles. The summed E-state index contributed by atoms with van der Waals surface area (Å²) in [4.78, 5) is 22.7. The number of para-hydroxylation sites is 1. The minimum Gasteiger partial charge on any atom is -0.504 e. The minimum absolute atomic E-state index is 0.0481. The molecule has 0 saturated heterocycles. The SMILES string of the molecule is O=Cc1cc(C(=O)NNc2cccc(O)c2O)cc(O)c1O. The van der Waals surface area contributed by atoms with Gasteiger partial charge < -0.3 is 20.4 Å². The number of phenols is 4. The molecular formula is C14H12N2O6. The van der Waals surface area contributed by atoms with Crippen molar-refractivity contribution < 1.29 is 30.0 Å². The number of amides is 1. The van der Waals surface area contributed by atoms with Crippen molar-refractivity contribution in [2.24, 2.45) is 0 Å². The number of aldehydes is 1. The Morgan fingerprint density at radius 1 is 1.00 bits per heavy atom. The molecule has 0 saturated carbocycles. The van der Waals surface area contributed by atoms with Gasteiger partial charge in [0.2, 0.25) is 0 Å². The molecule has 0 fully saturated rings. The van der Waals surface area contributed by atoms with E-state index in [0.29, 0.717) is 6.29 Å². The molecule has 0 heterocycles. The number of phenolic OH excluding ortho intramolecular Hbond substituents is 4. The van der Waals surface area contributed by atoms with E-state index in [9.17, 15) is 30.0 Å². The van der Waals surface area contributed by atoms with Crippen molar-refractivity contribution in [2.75, 3.05) is 5.43 Å². The molecular weight excluding hydrogens is 292 g/mol. The molecule has 0 atom stereocenters. The quantitative estimate of drug-likeness (QED) is 0.282. The molecule has 0 spiro atoms. The van der Waals surface area contributed by atoms with Gasteiger partial charge in [-0.1, -0.05) is 6.07 Å². The maximum Gasteiger partial charge on any atom is 0.269 e.